The quantitative estimate of drug-likeness (QED) is 0.411. The van der Waals surface area contributed by atoms with Gasteiger partial charge in [0.25, 0.3) is 0 Å². The van der Waals surface area contributed by atoms with E-state index in [9.17, 15) is 0 Å². The van der Waals surface area contributed by atoms with Crippen molar-refractivity contribution in [1.82, 2.24) is 4.68 Å². The highest BCUT2D eigenvalue weighted by molar-refractivity contribution is 9.10. The third kappa shape index (κ3) is 4.19. The molecule has 0 N–H and O–H groups in total. The zero-order chi connectivity index (χ0) is 19.3. The first-order valence-electron chi connectivity index (χ1n) is 8.64. The molecule has 0 bridgehead atoms. The van der Waals surface area contributed by atoms with Gasteiger partial charge in [-0.05, 0) is 35.9 Å². The van der Waals surface area contributed by atoms with Gasteiger partial charge in [0, 0.05) is 22.5 Å². The summed E-state index contributed by atoms with van der Waals surface area (Å²) in [6.07, 6.45) is 1.80. The second-order valence-electron chi connectivity index (χ2n) is 5.95. The van der Waals surface area contributed by atoms with Gasteiger partial charge >= 0.3 is 0 Å². The van der Waals surface area contributed by atoms with Crippen molar-refractivity contribution < 1.29 is 14.2 Å². The first-order valence-corrected chi connectivity index (χ1v) is 10.3. The number of hydrogen-bond donors (Lipinski definition) is 0. The topological polar surface area (TPSA) is 57.3 Å². The Bertz CT molecular complexity index is 1060. The molecule has 0 radical (unpaired) electrons. The van der Waals surface area contributed by atoms with Gasteiger partial charge in [0.15, 0.2) is 11.5 Å². The van der Waals surface area contributed by atoms with Crippen LogP contribution in [-0.2, 0) is 4.74 Å². The number of thiazole rings is 1. The van der Waals surface area contributed by atoms with E-state index in [4.69, 9.17) is 19.3 Å². The molecule has 0 amide bonds. The molecule has 8 heteroatoms. The van der Waals surface area contributed by atoms with Gasteiger partial charge in [-0.25, -0.2) is 4.68 Å². The first-order chi connectivity index (χ1) is 13.7. The van der Waals surface area contributed by atoms with Crippen molar-refractivity contribution in [3.8, 4) is 22.8 Å². The summed E-state index contributed by atoms with van der Waals surface area (Å²) >= 11 is 5.03. The lowest BCUT2D eigenvalue weighted by Gasteiger charge is -2.04. The van der Waals surface area contributed by atoms with Crippen LogP contribution in [0.2, 0.25) is 0 Å². The maximum Gasteiger partial charge on any atom is 0.231 e. The van der Waals surface area contributed by atoms with Crippen molar-refractivity contribution >= 4 is 33.5 Å². The molecule has 6 nitrogen and oxygen atoms in total. The summed E-state index contributed by atoms with van der Waals surface area (Å²) in [5, 5.41) is 6.76. The van der Waals surface area contributed by atoms with E-state index in [0.717, 1.165) is 37.6 Å². The molecule has 2 heterocycles. The fourth-order valence-electron chi connectivity index (χ4n) is 2.69. The average Bonchev–Trinajstić information content (AvgIpc) is 3.33. The van der Waals surface area contributed by atoms with Gasteiger partial charge < -0.3 is 14.2 Å². The van der Waals surface area contributed by atoms with Crippen molar-refractivity contribution in [2.24, 2.45) is 10.1 Å². The molecule has 0 atom stereocenters. The van der Waals surface area contributed by atoms with E-state index >= 15 is 0 Å². The van der Waals surface area contributed by atoms with Gasteiger partial charge in [-0.3, -0.25) is 4.99 Å². The molecule has 0 saturated carbocycles. The van der Waals surface area contributed by atoms with Gasteiger partial charge in [0.2, 0.25) is 11.6 Å². The van der Waals surface area contributed by atoms with Crippen LogP contribution in [0.5, 0.6) is 11.5 Å². The third-order valence-electron chi connectivity index (χ3n) is 4.09. The highest BCUT2D eigenvalue weighted by atomic mass is 79.9. The molecular formula is C20H18BrN3O3S. The van der Waals surface area contributed by atoms with Crippen molar-refractivity contribution in [1.29, 1.82) is 0 Å². The number of ether oxygens (including phenoxy) is 3. The monoisotopic (exact) mass is 459 g/mol. The van der Waals surface area contributed by atoms with Crippen molar-refractivity contribution in [3.05, 3.63) is 62.7 Å². The first kappa shape index (κ1) is 18.9. The standard InChI is InChI=1S/C20H18BrN3O3S/c1-25-9-8-22-20-24(17(12-28-20)15-3-5-16(21)6-4-15)23-11-14-2-7-18-19(10-14)27-13-26-18/h2-7,10-12H,8-9,13H2,1H3. The number of hydrogen-bond acceptors (Lipinski definition) is 6. The Labute approximate surface area is 174 Å². The Morgan fingerprint density at radius 1 is 1.18 bits per heavy atom. The normalized spacial score (nSPS) is 13.6. The van der Waals surface area contributed by atoms with Crippen molar-refractivity contribution in [3.63, 3.8) is 0 Å². The molecule has 0 spiro atoms. The zero-order valence-electron chi connectivity index (χ0n) is 15.2. The lowest BCUT2D eigenvalue weighted by atomic mass is 10.2. The second-order valence-corrected chi connectivity index (χ2v) is 7.71. The molecule has 2 aromatic carbocycles. The van der Waals surface area contributed by atoms with Crippen LogP contribution in [0.4, 0.5) is 0 Å². The van der Waals surface area contributed by atoms with E-state index < -0.39 is 0 Å². The largest absolute Gasteiger partial charge is 0.454 e. The number of aromatic nitrogens is 1. The van der Waals surface area contributed by atoms with Crippen LogP contribution in [0.15, 0.2) is 62.4 Å². The van der Waals surface area contributed by atoms with Crippen LogP contribution < -0.4 is 14.3 Å². The zero-order valence-corrected chi connectivity index (χ0v) is 17.6. The minimum Gasteiger partial charge on any atom is -0.454 e. The molecule has 144 valence electrons. The van der Waals surface area contributed by atoms with Gasteiger partial charge in [0.05, 0.1) is 25.1 Å². The number of methoxy groups -OCH3 is 1. The van der Waals surface area contributed by atoms with E-state index in [0.29, 0.717) is 13.2 Å². The van der Waals surface area contributed by atoms with Gasteiger partial charge in [0.1, 0.15) is 0 Å². The molecule has 1 aromatic heterocycles. The van der Waals surface area contributed by atoms with E-state index in [1.54, 1.807) is 24.7 Å². The molecular weight excluding hydrogens is 442 g/mol. The van der Waals surface area contributed by atoms with Gasteiger partial charge in [-0.1, -0.05) is 28.1 Å². The highest BCUT2D eigenvalue weighted by Crippen LogP contribution is 2.32. The fourth-order valence-corrected chi connectivity index (χ4v) is 3.82. The Morgan fingerprint density at radius 3 is 2.82 bits per heavy atom. The Hall–Kier alpha value is -2.42. The molecule has 4 rings (SSSR count). The van der Waals surface area contributed by atoms with Crippen molar-refractivity contribution in [2.75, 3.05) is 27.1 Å². The number of halogens is 1. The summed E-state index contributed by atoms with van der Waals surface area (Å²) in [6.45, 7) is 1.40. The van der Waals surface area contributed by atoms with E-state index in [-0.39, 0.29) is 6.79 Å². The summed E-state index contributed by atoms with van der Waals surface area (Å²) in [6, 6.07) is 13.9. The molecule has 0 fully saturated rings. The van der Waals surface area contributed by atoms with Crippen LogP contribution >= 0.6 is 27.3 Å². The van der Waals surface area contributed by atoms with E-state index in [1.807, 2.05) is 35.0 Å². The summed E-state index contributed by atoms with van der Waals surface area (Å²) in [5.74, 6) is 1.49. The highest BCUT2D eigenvalue weighted by Gasteiger charge is 2.13. The number of fused-ring (bicyclic) bond motifs is 1. The second kappa shape index (κ2) is 8.72. The number of nitrogens with zero attached hydrogens (tertiary/aromatic N) is 3. The van der Waals surface area contributed by atoms with Gasteiger partial charge in [-0.2, -0.15) is 5.10 Å². The molecule has 0 aliphatic carbocycles. The minimum atomic E-state index is 0.255. The van der Waals surface area contributed by atoms with Crippen LogP contribution in [-0.4, -0.2) is 37.9 Å². The predicted octanol–water partition coefficient (Wildman–Crippen LogP) is 4.14. The average molecular weight is 460 g/mol. The summed E-state index contributed by atoms with van der Waals surface area (Å²) in [7, 11) is 1.67. The third-order valence-corrected chi connectivity index (χ3v) is 5.47. The molecule has 3 aromatic rings. The Balaban J connectivity index is 1.71. The lowest BCUT2D eigenvalue weighted by molar-refractivity contribution is 0.174. The lowest BCUT2D eigenvalue weighted by Crippen LogP contribution is -2.13. The summed E-state index contributed by atoms with van der Waals surface area (Å²) in [5.41, 5.74) is 2.97. The Kier molecular flexibility index (Phi) is 5.90. The van der Waals surface area contributed by atoms with Gasteiger partial charge in [-0.15, -0.1) is 11.3 Å². The Morgan fingerprint density at radius 2 is 2.00 bits per heavy atom. The maximum atomic E-state index is 5.44. The predicted molar refractivity (Wildman–Crippen MR) is 113 cm³/mol. The smallest absolute Gasteiger partial charge is 0.231 e. The maximum absolute atomic E-state index is 5.44. The van der Waals surface area contributed by atoms with Crippen molar-refractivity contribution in [2.45, 2.75) is 0 Å². The molecule has 0 unspecified atom stereocenters. The number of benzene rings is 2. The molecule has 28 heavy (non-hydrogen) atoms. The molecule has 1 aliphatic heterocycles. The molecule has 0 saturated heterocycles. The molecule has 1 aliphatic rings. The summed E-state index contributed by atoms with van der Waals surface area (Å²) in [4.78, 5) is 5.43. The van der Waals surface area contributed by atoms with Crippen LogP contribution in [0.25, 0.3) is 11.3 Å². The summed E-state index contributed by atoms with van der Waals surface area (Å²) < 4.78 is 18.8. The fraction of sp³-hybridized carbons (Fsp3) is 0.200. The minimum absolute atomic E-state index is 0.255. The van der Waals surface area contributed by atoms with E-state index in [2.05, 4.69) is 38.4 Å². The van der Waals surface area contributed by atoms with E-state index in [1.165, 1.54) is 0 Å². The van der Waals surface area contributed by atoms with Crippen LogP contribution in [0.1, 0.15) is 5.56 Å². The van der Waals surface area contributed by atoms with Crippen LogP contribution in [0, 0.1) is 0 Å². The number of rotatable bonds is 6. The SMILES string of the molecule is COCCN=c1scc(-c2ccc(Br)cc2)n1N=Cc1ccc2c(c1)OCO2. The van der Waals surface area contributed by atoms with Crippen LogP contribution in [0.3, 0.4) is 0 Å².